The lowest BCUT2D eigenvalue weighted by Gasteiger charge is -2.34. The molecule has 0 bridgehead atoms. The summed E-state index contributed by atoms with van der Waals surface area (Å²) in [7, 11) is 0. The predicted molar refractivity (Wildman–Crippen MR) is 96.4 cm³/mol. The fraction of sp³-hybridized carbons (Fsp3) is 0.400. The molecule has 0 spiro atoms. The van der Waals surface area contributed by atoms with Crippen molar-refractivity contribution < 1.29 is 14.3 Å². The van der Waals surface area contributed by atoms with Gasteiger partial charge in [0.05, 0.1) is 12.6 Å². The number of esters is 1. The van der Waals surface area contributed by atoms with Gasteiger partial charge < -0.3 is 9.64 Å². The number of rotatable bonds is 8. The van der Waals surface area contributed by atoms with E-state index in [2.05, 4.69) is 0 Å². The van der Waals surface area contributed by atoms with Crippen LogP contribution in [0.15, 0.2) is 54.6 Å². The minimum Gasteiger partial charge on any atom is -0.462 e. The molecule has 0 aliphatic heterocycles. The van der Waals surface area contributed by atoms with Crippen molar-refractivity contribution in [1.82, 2.24) is 4.90 Å². The van der Waals surface area contributed by atoms with E-state index in [0.717, 1.165) is 5.56 Å². The topological polar surface area (TPSA) is 46.6 Å². The normalized spacial score (nSPS) is 13.8. The molecular weight excluding hydrogens is 302 g/mol. The van der Waals surface area contributed by atoms with Gasteiger partial charge in [0.1, 0.15) is 0 Å². The molecule has 0 unspecified atom stereocenters. The lowest BCUT2D eigenvalue weighted by Crippen LogP contribution is -2.40. The van der Waals surface area contributed by atoms with Crippen molar-refractivity contribution in [2.45, 2.75) is 46.2 Å². The van der Waals surface area contributed by atoms with E-state index in [-0.39, 0.29) is 30.6 Å². The molecule has 0 saturated carbocycles. The van der Waals surface area contributed by atoms with Gasteiger partial charge in [-0.3, -0.25) is 4.79 Å². The maximum absolute atomic E-state index is 12.5. The zero-order valence-corrected chi connectivity index (χ0v) is 14.9. The molecule has 0 N–H and O–H groups in total. The highest BCUT2D eigenvalue weighted by Crippen LogP contribution is 2.24. The third-order valence-electron chi connectivity index (χ3n) is 3.82. The van der Waals surface area contributed by atoms with Gasteiger partial charge >= 0.3 is 5.97 Å². The molecule has 130 valence electrons. The second-order valence-electron chi connectivity index (χ2n) is 5.64. The van der Waals surface area contributed by atoms with Crippen molar-refractivity contribution in [3.05, 3.63) is 60.2 Å². The summed E-state index contributed by atoms with van der Waals surface area (Å²) in [4.78, 5) is 25.7. The van der Waals surface area contributed by atoms with Crippen molar-refractivity contribution in [2.75, 3.05) is 6.61 Å². The third kappa shape index (κ3) is 6.03. The molecule has 0 saturated heterocycles. The predicted octanol–water partition coefficient (Wildman–Crippen LogP) is 4.05. The molecule has 0 heterocycles. The molecule has 0 radical (unpaired) electrons. The van der Waals surface area contributed by atoms with Crippen LogP contribution < -0.4 is 0 Å². The van der Waals surface area contributed by atoms with Crippen LogP contribution >= 0.6 is 0 Å². The van der Waals surface area contributed by atoms with Gasteiger partial charge in [0.25, 0.3) is 0 Å². The number of nitrogens with zero attached hydrogens (tertiary/aromatic N) is 1. The first-order valence-corrected chi connectivity index (χ1v) is 8.30. The Hall–Kier alpha value is -2.36. The molecule has 2 atom stereocenters. The van der Waals surface area contributed by atoms with Gasteiger partial charge in [0.15, 0.2) is 0 Å². The van der Waals surface area contributed by atoms with E-state index in [0.29, 0.717) is 6.42 Å². The number of carbonyl (C=O) groups excluding carboxylic acids is 2. The van der Waals surface area contributed by atoms with Crippen molar-refractivity contribution in [2.24, 2.45) is 0 Å². The highest BCUT2D eigenvalue weighted by Gasteiger charge is 2.25. The monoisotopic (exact) mass is 329 g/mol. The van der Waals surface area contributed by atoms with Crippen molar-refractivity contribution in [3.63, 3.8) is 0 Å². The Balaban J connectivity index is 2.81. The zero-order chi connectivity index (χ0) is 17.9. The number of benzene rings is 1. The average Bonchev–Trinajstić information content (AvgIpc) is 2.56. The molecule has 0 aliphatic rings. The first kappa shape index (κ1) is 19.7. The van der Waals surface area contributed by atoms with Crippen LogP contribution in [0, 0.1) is 0 Å². The van der Waals surface area contributed by atoms with E-state index < -0.39 is 0 Å². The lowest BCUT2D eigenvalue weighted by molar-refractivity contribution is -0.138. The van der Waals surface area contributed by atoms with E-state index in [1.807, 2.05) is 56.0 Å². The Morgan fingerprint density at radius 2 is 1.71 bits per heavy atom. The Labute approximate surface area is 144 Å². The molecule has 4 heteroatoms. The molecule has 0 fully saturated rings. The lowest BCUT2D eigenvalue weighted by atomic mass is 10.0. The smallest absolute Gasteiger partial charge is 0.330 e. The van der Waals surface area contributed by atoms with Crippen LogP contribution in [0.25, 0.3) is 0 Å². The molecule has 4 nitrogen and oxygen atoms in total. The number of hydrogen-bond donors (Lipinski definition) is 0. The molecule has 1 aromatic rings. The standard InChI is InChI=1S/C20H27NO3/c1-5-10-19(22)21(17(4)18-12-8-7-9-13-18)16(3)14-15-24-20(23)11-6-2/h5-13,16-17H,14-15H2,1-4H3/b10-5+,11-6+/t16-,17-/m0/s1. The van der Waals surface area contributed by atoms with Gasteiger partial charge in [-0.15, -0.1) is 0 Å². The number of amides is 1. The molecule has 1 amide bonds. The van der Waals surface area contributed by atoms with Gasteiger partial charge in [-0.1, -0.05) is 42.5 Å². The van der Waals surface area contributed by atoms with Gasteiger partial charge in [-0.05, 0) is 39.3 Å². The SMILES string of the molecule is C/C=C/C(=O)OCC[C@H](C)N(C(=O)/C=C/C)[C@@H](C)c1ccccc1. The highest BCUT2D eigenvalue weighted by molar-refractivity contribution is 5.88. The van der Waals surface area contributed by atoms with Crippen LogP contribution in [-0.2, 0) is 14.3 Å². The van der Waals surface area contributed by atoms with E-state index in [1.54, 1.807) is 25.2 Å². The summed E-state index contributed by atoms with van der Waals surface area (Å²) in [5.41, 5.74) is 1.08. The van der Waals surface area contributed by atoms with E-state index in [9.17, 15) is 9.59 Å². The first-order chi connectivity index (χ1) is 11.5. The largest absolute Gasteiger partial charge is 0.462 e. The fourth-order valence-electron chi connectivity index (χ4n) is 2.56. The Morgan fingerprint density at radius 3 is 2.29 bits per heavy atom. The summed E-state index contributed by atoms with van der Waals surface area (Å²) in [6, 6.07) is 9.80. The van der Waals surface area contributed by atoms with Gasteiger partial charge in [0, 0.05) is 18.5 Å². The number of allylic oxidation sites excluding steroid dienone is 2. The zero-order valence-electron chi connectivity index (χ0n) is 14.9. The maximum atomic E-state index is 12.5. The van der Waals surface area contributed by atoms with Crippen LogP contribution in [-0.4, -0.2) is 29.4 Å². The second-order valence-corrected chi connectivity index (χ2v) is 5.64. The molecule has 1 aromatic carbocycles. The summed E-state index contributed by atoms with van der Waals surface area (Å²) in [6.45, 7) is 7.87. The average molecular weight is 329 g/mol. The van der Waals surface area contributed by atoms with Crippen LogP contribution in [0.2, 0.25) is 0 Å². The Bertz CT molecular complexity index is 578. The molecular formula is C20H27NO3. The van der Waals surface area contributed by atoms with Gasteiger partial charge in [-0.2, -0.15) is 0 Å². The second kappa shape index (κ2) is 10.4. The fourth-order valence-corrected chi connectivity index (χ4v) is 2.56. The van der Waals surface area contributed by atoms with E-state index in [1.165, 1.54) is 6.08 Å². The van der Waals surface area contributed by atoms with Crippen LogP contribution in [0.4, 0.5) is 0 Å². The quantitative estimate of drug-likeness (QED) is 0.534. The summed E-state index contributed by atoms with van der Waals surface area (Å²) in [6.07, 6.45) is 6.93. The summed E-state index contributed by atoms with van der Waals surface area (Å²) in [5, 5.41) is 0. The van der Waals surface area contributed by atoms with Crippen LogP contribution in [0.5, 0.6) is 0 Å². The molecule has 24 heavy (non-hydrogen) atoms. The summed E-state index contributed by atoms with van der Waals surface area (Å²) in [5.74, 6) is -0.395. The minimum absolute atomic E-state index is 0.0406. The molecule has 0 aliphatic carbocycles. The Morgan fingerprint density at radius 1 is 1.08 bits per heavy atom. The molecule has 0 aromatic heterocycles. The van der Waals surface area contributed by atoms with Crippen LogP contribution in [0.1, 0.15) is 45.7 Å². The maximum Gasteiger partial charge on any atom is 0.330 e. The first-order valence-electron chi connectivity index (χ1n) is 8.30. The third-order valence-corrected chi connectivity index (χ3v) is 3.82. The van der Waals surface area contributed by atoms with Crippen molar-refractivity contribution in [3.8, 4) is 0 Å². The Kier molecular flexibility index (Phi) is 8.55. The van der Waals surface area contributed by atoms with Crippen molar-refractivity contribution >= 4 is 11.9 Å². The highest BCUT2D eigenvalue weighted by atomic mass is 16.5. The van der Waals surface area contributed by atoms with E-state index >= 15 is 0 Å². The summed E-state index contributed by atoms with van der Waals surface area (Å²) < 4.78 is 5.15. The van der Waals surface area contributed by atoms with Crippen molar-refractivity contribution in [1.29, 1.82) is 0 Å². The molecule has 1 rings (SSSR count). The number of ether oxygens (including phenoxy) is 1. The minimum atomic E-state index is -0.355. The van der Waals surface area contributed by atoms with E-state index in [4.69, 9.17) is 4.74 Å². The van der Waals surface area contributed by atoms with Crippen LogP contribution in [0.3, 0.4) is 0 Å². The number of carbonyl (C=O) groups is 2. The summed E-state index contributed by atoms with van der Waals surface area (Å²) >= 11 is 0. The van der Waals surface area contributed by atoms with Gasteiger partial charge in [-0.25, -0.2) is 4.79 Å². The number of hydrogen-bond acceptors (Lipinski definition) is 3. The van der Waals surface area contributed by atoms with Gasteiger partial charge in [0.2, 0.25) is 5.91 Å².